The molecule has 2 aliphatic heterocycles. The second kappa shape index (κ2) is 9.53. The smallest absolute Gasteiger partial charge is 0.277 e. The Bertz CT molecular complexity index is 1410. The molecule has 4 aromatic rings. The van der Waals surface area contributed by atoms with Crippen molar-refractivity contribution in [2.24, 2.45) is 0 Å². The van der Waals surface area contributed by atoms with Crippen LogP contribution in [0.4, 0.5) is 16.5 Å². The maximum atomic E-state index is 13.2. The molecule has 186 valence electrons. The van der Waals surface area contributed by atoms with Crippen molar-refractivity contribution in [3.8, 4) is 11.5 Å². The van der Waals surface area contributed by atoms with E-state index in [9.17, 15) is 9.90 Å². The van der Waals surface area contributed by atoms with E-state index in [2.05, 4.69) is 20.1 Å². The number of amides is 1. The first-order chi connectivity index (χ1) is 17.5. The fraction of sp³-hybridized carbons (Fsp3) is 0.346. The third kappa shape index (κ3) is 4.55. The van der Waals surface area contributed by atoms with Crippen molar-refractivity contribution in [1.29, 1.82) is 0 Å². The first-order valence-corrected chi connectivity index (χ1v) is 12.9. The van der Waals surface area contributed by atoms with Gasteiger partial charge in [0.15, 0.2) is 10.8 Å². The molecule has 9 nitrogen and oxygen atoms in total. The van der Waals surface area contributed by atoms with Crippen LogP contribution in [0.3, 0.4) is 0 Å². The average molecular weight is 506 g/mol. The van der Waals surface area contributed by atoms with Crippen LogP contribution in [0.15, 0.2) is 47.1 Å². The molecule has 2 saturated heterocycles. The third-order valence-electron chi connectivity index (χ3n) is 6.53. The first-order valence-electron chi connectivity index (χ1n) is 12.1. The number of hydrogen-bond acceptors (Lipinski definition) is 9. The number of ether oxygens (including phenoxy) is 1. The van der Waals surface area contributed by atoms with E-state index >= 15 is 0 Å². The Morgan fingerprint density at radius 1 is 1.14 bits per heavy atom. The minimum absolute atomic E-state index is 0.206. The number of nitrogens with zero attached hydrogens (tertiary/aromatic N) is 4. The molecule has 10 heteroatoms. The summed E-state index contributed by atoms with van der Waals surface area (Å²) in [6.07, 6.45) is 1.68. The monoisotopic (exact) mass is 505 g/mol. The van der Waals surface area contributed by atoms with Crippen molar-refractivity contribution in [3.05, 3.63) is 53.9 Å². The zero-order valence-electron chi connectivity index (χ0n) is 19.9. The quantitative estimate of drug-likeness (QED) is 0.421. The van der Waals surface area contributed by atoms with Crippen molar-refractivity contribution in [1.82, 2.24) is 9.97 Å². The normalized spacial score (nSPS) is 18.2. The maximum absolute atomic E-state index is 13.2. The standard InChI is InChI=1S/C26H27N5O4S/c1-16-3-2-4-17(11-16)25-28-21(15-35-25)24(33)27-19-13-23-20(12-22(19)31-6-5-18(32)14-31)29-26(36-23)30-7-9-34-10-8-30/h2-4,11-13,15,18,32H,5-10,14H2,1H3,(H,27,33). The Labute approximate surface area is 212 Å². The van der Waals surface area contributed by atoms with E-state index in [0.717, 1.165) is 45.3 Å². The van der Waals surface area contributed by atoms with Crippen molar-refractivity contribution >= 4 is 44.0 Å². The van der Waals surface area contributed by atoms with Crippen molar-refractivity contribution in [2.45, 2.75) is 19.4 Å². The highest BCUT2D eigenvalue weighted by Gasteiger charge is 2.26. The van der Waals surface area contributed by atoms with Gasteiger partial charge in [0.1, 0.15) is 6.26 Å². The molecule has 2 aliphatic rings. The van der Waals surface area contributed by atoms with Gasteiger partial charge in [-0.05, 0) is 37.6 Å². The number of fused-ring (bicyclic) bond motifs is 1. The number of morpholine rings is 1. The number of nitrogens with one attached hydrogen (secondary N) is 1. The zero-order valence-corrected chi connectivity index (χ0v) is 20.8. The lowest BCUT2D eigenvalue weighted by Gasteiger charge is -2.25. The topological polar surface area (TPSA) is 104 Å². The van der Waals surface area contributed by atoms with Crippen LogP contribution < -0.4 is 15.1 Å². The van der Waals surface area contributed by atoms with Gasteiger partial charge in [-0.25, -0.2) is 9.97 Å². The minimum atomic E-state index is -0.393. The molecular weight excluding hydrogens is 478 g/mol. The van der Waals surface area contributed by atoms with E-state index in [4.69, 9.17) is 14.1 Å². The number of thiazole rings is 1. The number of aliphatic hydroxyl groups excluding tert-OH is 1. The minimum Gasteiger partial charge on any atom is -0.444 e. The van der Waals surface area contributed by atoms with E-state index in [1.54, 1.807) is 11.3 Å². The molecule has 0 radical (unpaired) electrons. The lowest BCUT2D eigenvalue weighted by molar-refractivity contribution is 0.102. The van der Waals surface area contributed by atoms with Crippen LogP contribution in [-0.4, -0.2) is 66.5 Å². The summed E-state index contributed by atoms with van der Waals surface area (Å²) in [5, 5.41) is 14.1. The lowest BCUT2D eigenvalue weighted by Crippen LogP contribution is -2.36. The van der Waals surface area contributed by atoms with Gasteiger partial charge in [-0.15, -0.1) is 0 Å². The fourth-order valence-electron chi connectivity index (χ4n) is 4.64. The molecule has 2 N–H and O–H groups in total. The Morgan fingerprint density at radius 3 is 2.78 bits per heavy atom. The highest BCUT2D eigenvalue weighted by Crippen LogP contribution is 2.38. The zero-order chi connectivity index (χ0) is 24.6. The first kappa shape index (κ1) is 23.0. The van der Waals surface area contributed by atoms with Crippen LogP contribution in [0.2, 0.25) is 0 Å². The fourth-order valence-corrected chi connectivity index (χ4v) is 5.68. The van der Waals surface area contributed by atoms with Gasteiger partial charge in [0.05, 0.1) is 40.9 Å². The van der Waals surface area contributed by atoms with Crippen molar-refractivity contribution in [3.63, 3.8) is 0 Å². The summed E-state index contributed by atoms with van der Waals surface area (Å²) in [5.74, 6) is 0.0516. The summed E-state index contributed by atoms with van der Waals surface area (Å²) in [5.41, 5.74) is 4.50. The van der Waals surface area contributed by atoms with E-state index in [0.29, 0.717) is 44.3 Å². The number of aliphatic hydroxyl groups is 1. The summed E-state index contributed by atoms with van der Waals surface area (Å²) in [6.45, 7) is 6.21. The van der Waals surface area contributed by atoms with Crippen LogP contribution >= 0.6 is 11.3 Å². The summed E-state index contributed by atoms with van der Waals surface area (Å²) in [4.78, 5) is 26.8. The predicted molar refractivity (Wildman–Crippen MR) is 140 cm³/mol. The molecule has 2 fully saturated rings. The maximum Gasteiger partial charge on any atom is 0.277 e. The number of carbonyl (C=O) groups is 1. The molecular formula is C26H27N5O4S. The molecule has 2 aromatic heterocycles. The lowest BCUT2D eigenvalue weighted by atomic mass is 10.1. The Kier molecular flexibility index (Phi) is 6.08. The van der Waals surface area contributed by atoms with E-state index in [1.807, 2.05) is 43.3 Å². The summed E-state index contributed by atoms with van der Waals surface area (Å²) < 4.78 is 12.1. The van der Waals surface area contributed by atoms with Gasteiger partial charge < -0.3 is 29.4 Å². The Morgan fingerprint density at radius 2 is 2.00 bits per heavy atom. The van der Waals surface area contributed by atoms with E-state index in [-0.39, 0.29) is 11.6 Å². The van der Waals surface area contributed by atoms with Gasteiger partial charge in [-0.3, -0.25) is 4.79 Å². The predicted octanol–water partition coefficient (Wildman–Crippen LogP) is 3.92. The van der Waals surface area contributed by atoms with Gasteiger partial charge in [0, 0.05) is 31.7 Å². The molecule has 0 saturated carbocycles. The molecule has 36 heavy (non-hydrogen) atoms. The molecule has 1 amide bonds. The average Bonchev–Trinajstić information content (AvgIpc) is 3.63. The van der Waals surface area contributed by atoms with Crippen LogP contribution in [0.5, 0.6) is 0 Å². The van der Waals surface area contributed by atoms with Gasteiger partial charge in [0.2, 0.25) is 5.89 Å². The Hall–Kier alpha value is -3.47. The molecule has 2 aromatic carbocycles. The number of oxazole rings is 1. The summed E-state index contributed by atoms with van der Waals surface area (Å²) >= 11 is 1.60. The number of hydrogen-bond donors (Lipinski definition) is 2. The number of benzene rings is 2. The molecule has 4 heterocycles. The Balaban J connectivity index is 1.31. The number of anilines is 3. The molecule has 1 atom stereocenters. The third-order valence-corrected chi connectivity index (χ3v) is 7.61. The van der Waals surface area contributed by atoms with E-state index in [1.165, 1.54) is 6.26 Å². The van der Waals surface area contributed by atoms with Crippen molar-refractivity contribution in [2.75, 3.05) is 54.5 Å². The van der Waals surface area contributed by atoms with Gasteiger partial charge in [0.25, 0.3) is 5.91 Å². The second-order valence-electron chi connectivity index (χ2n) is 9.18. The van der Waals surface area contributed by atoms with Crippen molar-refractivity contribution < 1.29 is 19.1 Å². The summed E-state index contributed by atoms with van der Waals surface area (Å²) in [6, 6.07) is 11.8. The van der Waals surface area contributed by atoms with Gasteiger partial charge in [-0.2, -0.15) is 0 Å². The van der Waals surface area contributed by atoms with Crippen LogP contribution in [0.25, 0.3) is 21.7 Å². The molecule has 0 aliphatic carbocycles. The number of carbonyl (C=O) groups excluding carboxylic acids is 1. The largest absolute Gasteiger partial charge is 0.444 e. The number of β-amino-alcohol motifs (C(OH)–C–C–N with tert-alkyl or cyclic N) is 1. The number of rotatable bonds is 5. The number of aromatic nitrogens is 2. The second-order valence-corrected chi connectivity index (χ2v) is 10.2. The SMILES string of the molecule is Cc1cccc(-c2nc(C(=O)Nc3cc4sc(N5CCOCC5)nc4cc3N3CCC(O)C3)co2)c1. The van der Waals surface area contributed by atoms with Gasteiger partial charge >= 0.3 is 0 Å². The molecule has 1 unspecified atom stereocenters. The van der Waals surface area contributed by atoms with Crippen LogP contribution in [0, 0.1) is 6.92 Å². The van der Waals surface area contributed by atoms with Crippen LogP contribution in [-0.2, 0) is 4.74 Å². The molecule has 0 spiro atoms. The van der Waals surface area contributed by atoms with Gasteiger partial charge in [-0.1, -0.05) is 29.0 Å². The molecule has 6 rings (SSSR count). The summed E-state index contributed by atoms with van der Waals surface area (Å²) in [7, 11) is 0. The van der Waals surface area contributed by atoms with E-state index < -0.39 is 6.10 Å². The highest BCUT2D eigenvalue weighted by molar-refractivity contribution is 7.22. The molecule has 0 bridgehead atoms. The number of aryl methyl sites for hydroxylation is 1. The van der Waals surface area contributed by atoms with Crippen LogP contribution in [0.1, 0.15) is 22.5 Å². The highest BCUT2D eigenvalue weighted by atomic mass is 32.1.